The second-order valence-electron chi connectivity index (χ2n) is 6.97. The lowest BCUT2D eigenvalue weighted by atomic mass is 9.93. The Morgan fingerprint density at radius 3 is 2.56 bits per heavy atom. The summed E-state index contributed by atoms with van der Waals surface area (Å²) in [7, 11) is 3.46. The van der Waals surface area contributed by atoms with Crippen LogP contribution in [-0.4, -0.2) is 25.1 Å². The second kappa shape index (κ2) is 8.34. The van der Waals surface area contributed by atoms with Gasteiger partial charge in [0.15, 0.2) is 5.96 Å². The molecule has 25 heavy (non-hydrogen) atoms. The monoisotopic (exact) mass is 360 g/mol. The number of thiazole rings is 1. The average Bonchev–Trinajstić information content (AvgIpc) is 3.05. The summed E-state index contributed by atoms with van der Waals surface area (Å²) < 4.78 is 5.45. The predicted octanol–water partition coefficient (Wildman–Crippen LogP) is 3.62. The number of aromatic nitrogens is 1. The van der Waals surface area contributed by atoms with Crippen molar-refractivity contribution in [2.45, 2.75) is 46.2 Å². The number of ether oxygens (including phenoxy) is 1. The summed E-state index contributed by atoms with van der Waals surface area (Å²) in [5.74, 6) is 1.63. The number of rotatable bonds is 5. The van der Waals surface area contributed by atoms with Crippen molar-refractivity contribution >= 4 is 17.3 Å². The third-order valence-electron chi connectivity index (χ3n) is 3.84. The van der Waals surface area contributed by atoms with E-state index in [1.807, 2.05) is 6.07 Å². The molecule has 0 aliphatic heterocycles. The lowest BCUT2D eigenvalue weighted by Gasteiger charge is -2.15. The molecule has 0 atom stereocenters. The number of benzene rings is 1. The number of guanidine groups is 1. The standard InChI is InChI=1S/C19H28N4OS/c1-13-7-8-14(15(9-13)24-6)10-21-18(20-5)22-11-17-23-16(12-25-17)19(2,3)4/h7-9,12H,10-11H2,1-6H3,(H2,20,21,22). The first kappa shape index (κ1) is 19.2. The number of nitrogens with zero attached hydrogens (tertiary/aromatic N) is 2. The van der Waals surface area contributed by atoms with Gasteiger partial charge in [-0.2, -0.15) is 0 Å². The van der Waals surface area contributed by atoms with Crippen molar-refractivity contribution in [2.24, 2.45) is 4.99 Å². The third-order valence-corrected chi connectivity index (χ3v) is 4.69. The van der Waals surface area contributed by atoms with Crippen molar-refractivity contribution in [1.82, 2.24) is 15.6 Å². The van der Waals surface area contributed by atoms with Gasteiger partial charge < -0.3 is 15.4 Å². The number of aliphatic imine (C=N–C) groups is 1. The number of hydrogen-bond acceptors (Lipinski definition) is 4. The first-order valence-electron chi connectivity index (χ1n) is 8.36. The molecule has 5 nitrogen and oxygen atoms in total. The van der Waals surface area contributed by atoms with Gasteiger partial charge in [0.2, 0.25) is 0 Å². The van der Waals surface area contributed by atoms with Crippen LogP contribution >= 0.6 is 11.3 Å². The van der Waals surface area contributed by atoms with E-state index < -0.39 is 0 Å². The molecule has 1 aromatic heterocycles. The molecule has 0 aliphatic carbocycles. The van der Waals surface area contributed by atoms with Crippen molar-refractivity contribution < 1.29 is 4.74 Å². The Labute approximate surface area is 154 Å². The van der Waals surface area contributed by atoms with E-state index in [0.717, 1.165) is 28.0 Å². The zero-order valence-electron chi connectivity index (χ0n) is 15.9. The van der Waals surface area contributed by atoms with E-state index in [1.165, 1.54) is 5.56 Å². The van der Waals surface area contributed by atoms with Crippen LogP contribution < -0.4 is 15.4 Å². The molecule has 0 saturated heterocycles. The minimum atomic E-state index is 0.0800. The number of aryl methyl sites for hydroxylation is 1. The maximum atomic E-state index is 5.45. The lowest BCUT2D eigenvalue weighted by molar-refractivity contribution is 0.408. The van der Waals surface area contributed by atoms with Gasteiger partial charge in [-0.1, -0.05) is 32.9 Å². The van der Waals surface area contributed by atoms with E-state index in [2.05, 4.69) is 60.8 Å². The quantitative estimate of drug-likeness (QED) is 0.631. The molecule has 2 N–H and O–H groups in total. The molecule has 0 bridgehead atoms. The topological polar surface area (TPSA) is 58.5 Å². The van der Waals surface area contributed by atoms with Gasteiger partial charge in [-0.25, -0.2) is 4.98 Å². The van der Waals surface area contributed by atoms with Crippen molar-refractivity contribution in [3.63, 3.8) is 0 Å². The molecule has 6 heteroatoms. The Balaban J connectivity index is 1.92. The van der Waals surface area contributed by atoms with Crippen molar-refractivity contribution in [2.75, 3.05) is 14.2 Å². The van der Waals surface area contributed by atoms with Gasteiger partial charge in [-0.05, 0) is 18.6 Å². The summed E-state index contributed by atoms with van der Waals surface area (Å²) in [6, 6.07) is 6.20. The normalized spacial score (nSPS) is 12.2. The summed E-state index contributed by atoms with van der Waals surface area (Å²) in [4.78, 5) is 8.97. The molecule has 1 heterocycles. The van der Waals surface area contributed by atoms with Crippen LogP contribution in [0.2, 0.25) is 0 Å². The van der Waals surface area contributed by atoms with Crippen LogP contribution in [0.1, 0.15) is 42.6 Å². The van der Waals surface area contributed by atoms with Gasteiger partial charge in [0.1, 0.15) is 10.8 Å². The summed E-state index contributed by atoms with van der Waals surface area (Å²) in [6.45, 7) is 9.89. The van der Waals surface area contributed by atoms with Gasteiger partial charge >= 0.3 is 0 Å². The van der Waals surface area contributed by atoms with Crippen LogP contribution in [0.5, 0.6) is 5.75 Å². The van der Waals surface area contributed by atoms with Gasteiger partial charge in [-0.3, -0.25) is 4.99 Å². The molecule has 1 aromatic carbocycles. The molecule has 2 aromatic rings. The minimum absolute atomic E-state index is 0.0800. The van der Waals surface area contributed by atoms with Gasteiger partial charge in [0, 0.05) is 30.0 Å². The maximum Gasteiger partial charge on any atom is 0.191 e. The summed E-state index contributed by atoms with van der Waals surface area (Å²) >= 11 is 1.67. The van der Waals surface area contributed by atoms with Crippen LogP contribution in [0.4, 0.5) is 0 Å². The van der Waals surface area contributed by atoms with Crippen LogP contribution in [0, 0.1) is 6.92 Å². The number of methoxy groups -OCH3 is 1. The van der Waals surface area contributed by atoms with Crippen molar-refractivity contribution in [3.8, 4) is 5.75 Å². The second-order valence-corrected chi connectivity index (χ2v) is 7.91. The van der Waals surface area contributed by atoms with Gasteiger partial charge in [-0.15, -0.1) is 11.3 Å². The van der Waals surface area contributed by atoms with E-state index in [1.54, 1.807) is 25.5 Å². The SMILES string of the molecule is CN=C(NCc1nc(C(C)(C)C)cs1)NCc1ccc(C)cc1OC. The number of nitrogens with one attached hydrogen (secondary N) is 2. The minimum Gasteiger partial charge on any atom is -0.496 e. The zero-order valence-corrected chi connectivity index (χ0v) is 16.8. The first-order valence-corrected chi connectivity index (χ1v) is 9.24. The highest BCUT2D eigenvalue weighted by Gasteiger charge is 2.17. The highest BCUT2D eigenvalue weighted by Crippen LogP contribution is 2.23. The smallest absolute Gasteiger partial charge is 0.191 e. The van der Waals surface area contributed by atoms with Crippen molar-refractivity contribution in [3.05, 3.63) is 45.4 Å². The zero-order chi connectivity index (χ0) is 18.4. The Bertz CT molecular complexity index is 731. The van der Waals surface area contributed by atoms with Crippen LogP contribution in [-0.2, 0) is 18.5 Å². The van der Waals surface area contributed by atoms with E-state index in [4.69, 9.17) is 9.72 Å². The highest BCUT2D eigenvalue weighted by molar-refractivity contribution is 7.09. The fourth-order valence-electron chi connectivity index (χ4n) is 2.29. The van der Waals surface area contributed by atoms with E-state index in [-0.39, 0.29) is 5.41 Å². The molecule has 136 valence electrons. The largest absolute Gasteiger partial charge is 0.496 e. The molecule has 0 fully saturated rings. The highest BCUT2D eigenvalue weighted by atomic mass is 32.1. The Hall–Kier alpha value is -2.08. The van der Waals surface area contributed by atoms with Crippen LogP contribution in [0.3, 0.4) is 0 Å². The maximum absolute atomic E-state index is 5.45. The molecule has 0 amide bonds. The first-order chi connectivity index (χ1) is 11.8. The van der Waals surface area contributed by atoms with E-state index in [9.17, 15) is 0 Å². The van der Waals surface area contributed by atoms with Crippen LogP contribution in [0.15, 0.2) is 28.6 Å². The third kappa shape index (κ3) is 5.46. The van der Waals surface area contributed by atoms with E-state index in [0.29, 0.717) is 13.1 Å². The Morgan fingerprint density at radius 2 is 1.96 bits per heavy atom. The Morgan fingerprint density at radius 1 is 1.24 bits per heavy atom. The molecule has 0 spiro atoms. The summed E-state index contributed by atoms with van der Waals surface area (Å²) in [5, 5.41) is 9.82. The van der Waals surface area contributed by atoms with Gasteiger partial charge in [0.05, 0.1) is 19.3 Å². The lowest BCUT2D eigenvalue weighted by Crippen LogP contribution is -2.36. The van der Waals surface area contributed by atoms with Crippen molar-refractivity contribution in [1.29, 1.82) is 0 Å². The fourth-order valence-corrected chi connectivity index (χ4v) is 3.25. The molecule has 0 radical (unpaired) electrons. The summed E-state index contributed by atoms with van der Waals surface area (Å²) in [6.07, 6.45) is 0. The molecule has 2 rings (SSSR count). The molecular weight excluding hydrogens is 332 g/mol. The average molecular weight is 361 g/mol. The molecule has 0 saturated carbocycles. The molecule has 0 aliphatic rings. The predicted molar refractivity (Wildman–Crippen MR) is 106 cm³/mol. The van der Waals surface area contributed by atoms with Gasteiger partial charge in [0.25, 0.3) is 0 Å². The van der Waals surface area contributed by atoms with E-state index >= 15 is 0 Å². The fraction of sp³-hybridized carbons (Fsp3) is 0.474. The molecular formula is C19H28N4OS. The summed E-state index contributed by atoms with van der Waals surface area (Å²) in [5.41, 5.74) is 3.49. The molecule has 0 unspecified atom stereocenters. The number of hydrogen-bond donors (Lipinski definition) is 2. The Kier molecular flexibility index (Phi) is 6.42. The van der Waals surface area contributed by atoms with Crippen LogP contribution in [0.25, 0.3) is 0 Å².